The van der Waals surface area contributed by atoms with Gasteiger partial charge >= 0.3 is 0 Å². The second-order valence-electron chi connectivity index (χ2n) is 5.50. The van der Waals surface area contributed by atoms with Crippen molar-refractivity contribution in [3.63, 3.8) is 0 Å². The highest BCUT2D eigenvalue weighted by molar-refractivity contribution is 5.67. The molecule has 0 saturated carbocycles. The Kier molecular flexibility index (Phi) is 6.69. The first-order valence-electron chi connectivity index (χ1n) is 8.06. The van der Waals surface area contributed by atoms with Crippen molar-refractivity contribution in [3.05, 3.63) is 47.5 Å². The quantitative estimate of drug-likeness (QED) is 0.650. The topological polar surface area (TPSA) is 54.0 Å². The molecule has 25 heavy (non-hydrogen) atoms. The van der Waals surface area contributed by atoms with Crippen molar-refractivity contribution < 1.29 is 23.7 Å². The number of carbonyl (C=O) groups is 1. The van der Waals surface area contributed by atoms with Crippen LogP contribution in [-0.4, -0.2) is 34.7 Å². The molecule has 0 radical (unpaired) electrons. The molecule has 0 bridgehead atoms. The van der Waals surface area contributed by atoms with Gasteiger partial charge in [0.05, 0.1) is 28.4 Å². The third kappa shape index (κ3) is 4.05. The molecule has 0 aliphatic rings. The molecule has 2 aromatic carbocycles. The molecule has 2 aromatic rings. The number of carbonyl (C=O) groups excluding carboxylic acids is 1. The van der Waals surface area contributed by atoms with Crippen LogP contribution in [0.5, 0.6) is 23.0 Å². The van der Waals surface area contributed by atoms with Gasteiger partial charge < -0.3 is 23.7 Å². The van der Waals surface area contributed by atoms with E-state index in [4.69, 9.17) is 18.9 Å². The van der Waals surface area contributed by atoms with Crippen LogP contribution in [0.4, 0.5) is 0 Å². The average Bonchev–Trinajstić information content (AvgIpc) is 2.67. The van der Waals surface area contributed by atoms with Gasteiger partial charge in [0.15, 0.2) is 0 Å². The van der Waals surface area contributed by atoms with Crippen LogP contribution in [-0.2, 0) is 11.2 Å². The number of hydrogen-bond acceptors (Lipinski definition) is 5. The van der Waals surface area contributed by atoms with Crippen molar-refractivity contribution in [3.8, 4) is 23.0 Å². The van der Waals surface area contributed by atoms with Gasteiger partial charge in [0.2, 0.25) is 0 Å². The molecule has 0 fully saturated rings. The monoisotopic (exact) mass is 344 g/mol. The average molecular weight is 344 g/mol. The Bertz CT molecular complexity index is 667. The van der Waals surface area contributed by atoms with Gasteiger partial charge in [0.1, 0.15) is 29.3 Å². The summed E-state index contributed by atoms with van der Waals surface area (Å²) in [6, 6.07) is 11.2. The number of rotatable bonds is 9. The number of aldehydes is 1. The summed E-state index contributed by atoms with van der Waals surface area (Å²) in [5.74, 6) is 2.42. The lowest BCUT2D eigenvalue weighted by molar-refractivity contribution is -0.109. The summed E-state index contributed by atoms with van der Waals surface area (Å²) in [5.41, 5.74) is 1.70. The first-order valence-corrected chi connectivity index (χ1v) is 8.06. The Morgan fingerprint density at radius 3 is 1.64 bits per heavy atom. The molecular formula is C20H24O5. The van der Waals surface area contributed by atoms with Crippen LogP contribution in [0, 0.1) is 0 Å². The largest absolute Gasteiger partial charge is 0.496 e. The third-order valence-electron chi connectivity index (χ3n) is 4.24. The fourth-order valence-corrected chi connectivity index (χ4v) is 3.00. The highest BCUT2D eigenvalue weighted by atomic mass is 16.5. The molecule has 134 valence electrons. The van der Waals surface area contributed by atoms with E-state index in [-0.39, 0.29) is 5.92 Å². The molecule has 0 spiro atoms. The fourth-order valence-electron chi connectivity index (χ4n) is 3.00. The lowest BCUT2D eigenvalue weighted by Crippen LogP contribution is -2.08. The van der Waals surface area contributed by atoms with Gasteiger partial charge in [-0.3, -0.25) is 0 Å². The van der Waals surface area contributed by atoms with Crippen LogP contribution >= 0.6 is 0 Å². The summed E-state index contributed by atoms with van der Waals surface area (Å²) in [6.07, 6.45) is 2.14. The lowest BCUT2D eigenvalue weighted by atomic mass is 9.91. The predicted octanol–water partition coefficient (Wildman–Crippen LogP) is 3.64. The molecule has 1 atom stereocenters. The molecule has 0 saturated heterocycles. The van der Waals surface area contributed by atoms with Gasteiger partial charge in [-0.25, -0.2) is 0 Å². The standard InChI is InChI=1S/C20H24O5/c1-22-16-7-5-8-17(23-2)15(16)12-11-14(13-21)20-18(24-3)9-6-10-19(20)25-4/h5-10,13-14H,11-12H2,1-4H3. The van der Waals surface area contributed by atoms with Crippen LogP contribution in [0.2, 0.25) is 0 Å². The zero-order chi connectivity index (χ0) is 18.2. The first kappa shape index (κ1) is 18.6. The summed E-state index contributed by atoms with van der Waals surface area (Å²) in [4.78, 5) is 11.8. The van der Waals surface area contributed by atoms with E-state index in [1.807, 2.05) is 36.4 Å². The summed E-state index contributed by atoms with van der Waals surface area (Å²) in [5, 5.41) is 0. The van der Waals surface area contributed by atoms with Crippen molar-refractivity contribution in [1.82, 2.24) is 0 Å². The van der Waals surface area contributed by atoms with Crippen molar-refractivity contribution in [2.45, 2.75) is 18.8 Å². The highest BCUT2D eigenvalue weighted by Crippen LogP contribution is 2.38. The van der Waals surface area contributed by atoms with E-state index in [9.17, 15) is 4.79 Å². The van der Waals surface area contributed by atoms with E-state index in [0.29, 0.717) is 24.3 Å². The van der Waals surface area contributed by atoms with Gasteiger partial charge in [-0.05, 0) is 37.1 Å². The maximum Gasteiger partial charge on any atom is 0.127 e. The smallest absolute Gasteiger partial charge is 0.127 e. The van der Waals surface area contributed by atoms with Crippen LogP contribution < -0.4 is 18.9 Å². The van der Waals surface area contributed by atoms with Gasteiger partial charge in [0.25, 0.3) is 0 Å². The van der Waals surface area contributed by atoms with Gasteiger partial charge in [-0.2, -0.15) is 0 Å². The number of methoxy groups -OCH3 is 4. The van der Waals surface area contributed by atoms with Crippen LogP contribution in [0.1, 0.15) is 23.5 Å². The van der Waals surface area contributed by atoms with E-state index in [0.717, 1.165) is 28.9 Å². The van der Waals surface area contributed by atoms with Gasteiger partial charge in [-0.1, -0.05) is 12.1 Å². The molecule has 0 aliphatic carbocycles. The highest BCUT2D eigenvalue weighted by Gasteiger charge is 2.22. The fraction of sp³-hybridized carbons (Fsp3) is 0.350. The summed E-state index contributed by atoms with van der Waals surface area (Å²) < 4.78 is 21.7. The minimum absolute atomic E-state index is 0.360. The molecule has 0 aromatic heterocycles. The third-order valence-corrected chi connectivity index (χ3v) is 4.24. The van der Waals surface area contributed by atoms with Crippen molar-refractivity contribution in [2.24, 2.45) is 0 Å². The Balaban J connectivity index is 2.33. The zero-order valence-electron chi connectivity index (χ0n) is 15.1. The molecule has 1 unspecified atom stereocenters. The first-order chi connectivity index (χ1) is 12.2. The number of benzene rings is 2. The van der Waals surface area contributed by atoms with Gasteiger partial charge in [0, 0.05) is 17.0 Å². The summed E-state index contributed by atoms with van der Waals surface area (Å²) >= 11 is 0. The minimum Gasteiger partial charge on any atom is -0.496 e. The summed E-state index contributed by atoms with van der Waals surface area (Å²) in [6.45, 7) is 0. The molecule has 0 amide bonds. The van der Waals surface area contributed by atoms with Crippen LogP contribution in [0.25, 0.3) is 0 Å². The molecule has 0 N–H and O–H groups in total. The molecule has 0 heterocycles. The van der Waals surface area contributed by atoms with Crippen molar-refractivity contribution >= 4 is 6.29 Å². The predicted molar refractivity (Wildman–Crippen MR) is 96.2 cm³/mol. The minimum atomic E-state index is -0.360. The number of hydrogen-bond donors (Lipinski definition) is 0. The maximum absolute atomic E-state index is 11.8. The van der Waals surface area contributed by atoms with E-state index < -0.39 is 0 Å². The Morgan fingerprint density at radius 1 is 0.800 bits per heavy atom. The second-order valence-corrected chi connectivity index (χ2v) is 5.50. The van der Waals surface area contributed by atoms with Gasteiger partial charge in [-0.15, -0.1) is 0 Å². The summed E-state index contributed by atoms with van der Waals surface area (Å²) in [7, 11) is 6.42. The van der Waals surface area contributed by atoms with Crippen LogP contribution in [0.3, 0.4) is 0 Å². The normalized spacial score (nSPS) is 11.5. The van der Waals surface area contributed by atoms with E-state index >= 15 is 0 Å². The van der Waals surface area contributed by atoms with Crippen molar-refractivity contribution in [2.75, 3.05) is 28.4 Å². The van der Waals surface area contributed by atoms with E-state index in [2.05, 4.69) is 0 Å². The maximum atomic E-state index is 11.8. The van der Waals surface area contributed by atoms with Crippen molar-refractivity contribution in [1.29, 1.82) is 0 Å². The molecule has 2 rings (SSSR count). The number of ether oxygens (including phenoxy) is 4. The van der Waals surface area contributed by atoms with Crippen LogP contribution in [0.15, 0.2) is 36.4 Å². The van der Waals surface area contributed by atoms with E-state index in [1.165, 1.54) is 0 Å². The molecule has 0 aliphatic heterocycles. The molecular weight excluding hydrogens is 320 g/mol. The Labute approximate surface area is 148 Å². The molecule has 5 nitrogen and oxygen atoms in total. The Hall–Kier alpha value is -2.69. The SMILES string of the molecule is COc1cccc(OC)c1CCC(C=O)c1c(OC)cccc1OC. The lowest BCUT2D eigenvalue weighted by Gasteiger charge is -2.19. The van der Waals surface area contributed by atoms with E-state index in [1.54, 1.807) is 28.4 Å². The Morgan fingerprint density at radius 2 is 1.24 bits per heavy atom. The molecule has 5 heteroatoms. The second kappa shape index (κ2) is 8.97. The zero-order valence-corrected chi connectivity index (χ0v) is 15.1.